The van der Waals surface area contributed by atoms with E-state index in [0.717, 1.165) is 6.42 Å². The Morgan fingerprint density at radius 2 is 2.13 bits per heavy atom. The van der Waals surface area contributed by atoms with Gasteiger partial charge in [-0.05, 0) is 27.2 Å². The van der Waals surface area contributed by atoms with Crippen LogP contribution in [0.3, 0.4) is 0 Å². The summed E-state index contributed by atoms with van der Waals surface area (Å²) in [6.45, 7) is 7.60. The lowest BCUT2D eigenvalue weighted by atomic mass is 9.86. The highest BCUT2D eigenvalue weighted by Crippen LogP contribution is 2.37. The van der Waals surface area contributed by atoms with E-state index in [0.29, 0.717) is 11.4 Å². The van der Waals surface area contributed by atoms with E-state index < -0.39 is 5.41 Å². The molecule has 1 atom stereocenters. The maximum absolute atomic E-state index is 12.1. The summed E-state index contributed by atoms with van der Waals surface area (Å²) < 4.78 is 0. The molecule has 0 saturated heterocycles. The Labute approximate surface area is 90.6 Å². The van der Waals surface area contributed by atoms with E-state index in [4.69, 9.17) is 11.1 Å². The predicted molar refractivity (Wildman–Crippen MR) is 60.4 cm³/mol. The Morgan fingerprint density at radius 1 is 1.60 bits per heavy atom. The largest absolute Gasteiger partial charge is 0.385 e. The number of hydrogen-bond acceptors (Lipinski definition) is 3. The van der Waals surface area contributed by atoms with Gasteiger partial charge in [-0.1, -0.05) is 6.92 Å². The van der Waals surface area contributed by atoms with Crippen molar-refractivity contribution in [2.24, 2.45) is 11.1 Å². The number of nitrogens with two attached hydrogens (primary N) is 1. The van der Waals surface area contributed by atoms with Gasteiger partial charge in [0.1, 0.15) is 5.82 Å². The van der Waals surface area contributed by atoms with Gasteiger partial charge in [-0.2, -0.15) is 0 Å². The summed E-state index contributed by atoms with van der Waals surface area (Å²) in [5.41, 5.74) is 5.87. The third-order valence-electron chi connectivity index (χ3n) is 3.14. The van der Waals surface area contributed by atoms with Gasteiger partial charge >= 0.3 is 0 Å². The number of rotatable bonds is 3. The highest BCUT2D eigenvalue weighted by atomic mass is 16.2. The number of nitrogens with zero attached hydrogens (tertiary/aromatic N) is 1. The molecule has 1 heterocycles. The zero-order valence-electron chi connectivity index (χ0n) is 9.79. The molecule has 3 N–H and O–H groups in total. The molecule has 1 aliphatic heterocycles. The monoisotopic (exact) mass is 209 g/mol. The predicted octanol–water partition coefficient (Wildman–Crippen LogP) is 1.47. The summed E-state index contributed by atoms with van der Waals surface area (Å²) >= 11 is 0. The minimum absolute atomic E-state index is 0.00662. The number of amides is 1. The molecule has 0 aromatic heterocycles. The molecule has 0 unspecified atom stereocenters. The second-order valence-corrected chi connectivity index (χ2v) is 4.50. The minimum Gasteiger partial charge on any atom is -0.385 e. The van der Waals surface area contributed by atoms with E-state index in [2.05, 4.69) is 0 Å². The third kappa shape index (κ3) is 1.54. The molecule has 0 bridgehead atoms. The number of carbonyl (C=O) groups is 1. The molecule has 1 aliphatic rings. The van der Waals surface area contributed by atoms with Gasteiger partial charge in [0.05, 0.1) is 5.41 Å². The van der Waals surface area contributed by atoms with Crippen LogP contribution in [0, 0.1) is 10.8 Å². The highest BCUT2D eigenvalue weighted by Gasteiger charge is 2.45. The second kappa shape index (κ2) is 3.68. The molecule has 0 radical (unpaired) electrons. The first-order chi connectivity index (χ1) is 6.87. The lowest BCUT2D eigenvalue weighted by Crippen LogP contribution is -2.40. The first-order valence-corrected chi connectivity index (χ1v) is 5.22. The summed E-state index contributed by atoms with van der Waals surface area (Å²) in [5.74, 6) is 0.433. The van der Waals surface area contributed by atoms with Crippen molar-refractivity contribution in [2.45, 2.75) is 40.2 Å². The van der Waals surface area contributed by atoms with E-state index in [9.17, 15) is 4.79 Å². The van der Waals surface area contributed by atoms with Crippen LogP contribution in [0.4, 0.5) is 0 Å². The van der Waals surface area contributed by atoms with Gasteiger partial charge in [0.15, 0.2) is 0 Å². The van der Waals surface area contributed by atoms with Crippen LogP contribution in [0.1, 0.15) is 34.1 Å². The van der Waals surface area contributed by atoms with Crippen molar-refractivity contribution >= 4 is 12.1 Å². The van der Waals surface area contributed by atoms with Crippen LogP contribution in [0.2, 0.25) is 0 Å². The van der Waals surface area contributed by atoms with Crippen LogP contribution in [-0.4, -0.2) is 23.1 Å². The summed E-state index contributed by atoms with van der Waals surface area (Å²) in [5, 5.41) is 7.32. The standard InChI is InChI=1S/C11H19N3O/c1-5-7(2)14-9(13)8(6-12)11(3,4)10(14)15/h6-7,12H,5,13H2,1-4H3/t7-/m0/s1. The summed E-state index contributed by atoms with van der Waals surface area (Å²) in [4.78, 5) is 13.7. The van der Waals surface area contributed by atoms with Crippen LogP contribution >= 0.6 is 0 Å². The van der Waals surface area contributed by atoms with Gasteiger partial charge in [0.2, 0.25) is 5.91 Å². The fourth-order valence-electron chi connectivity index (χ4n) is 1.85. The molecule has 0 spiro atoms. The van der Waals surface area contributed by atoms with Crippen molar-refractivity contribution in [1.29, 1.82) is 5.41 Å². The average molecular weight is 209 g/mol. The normalized spacial score (nSPS) is 22.1. The molecule has 1 amide bonds. The van der Waals surface area contributed by atoms with Crippen molar-refractivity contribution in [2.75, 3.05) is 0 Å². The summed E-state index contributed by atoms with van der Waals surface area (Å²) in [6, 6.07) is 0.0919. The number of carbonyl (C=O) groups excluding carboxylic acids is 1. The van der Waals surface area contributed by atoms with Crippen LogP contribution in [-0.2, 0) is 4.79 Å². The minimum atomic E-state index is -0.657. The van der Waals surface area contributed by atoms with Crippen molar-refractivity contribution < 1.29 is 4.79 Å². The zero-order valence-corrected chi connectivity index (χ0v) is 9.79. The maximum Gasteiger partial charge on any atom is 0.238 e. The first kappa shape index (κ1) is 11.8. The van der Waals surface area contributed by atoms with Gasteiger partial charge in [0, 0.05) is 17.8 Å². The molecular weight excluding hydrogens is 190 g/mol. The van der Waals surface area contributed by atoms with E-state index in [-0.39, 0.29) is 11.9 Å². The average Bonchev–Trinajstić information content (AvgIpc) is 2.33. The molecule has 84 valence electrons. The molecule has 0 aliphatic carbocycles. The number of hydrogen-bond donors (Lipinski definition) is 2. The van der Waals surface area contributed by atoms with Gasteiger partial charge < -0.3 is 11.1 Å². The van der Waals surface area contributed by atoms with Crippen LogP contribution < -0.4 is 5.73 Å². The Morgan fingerprint density at radius 3 is 2.47 bits per heavy atom. The fraction of sp³-hybridized carbons (Fsp3) is 0.636. The quantitative estimate of drug-likeness (QED) is 0.691. The van der Waals surface area contributed by atoms with Gasteiger partial charge in [-0.25, -0.2) is 0 Å². The topological polar surface area (TPSA) is 70.2 Å². The lowest BCUT2D eigenvalue weighted by Gasteiger charge is -2.26. The molecule has 0 fully saturated rings. The lowest BCUT2D eigenvalue weighted by molar-refractivity contribution is -0.135. The summed E-state index contributed by atoms with van der Waals surface area (Å²) in [7, 11) is 0. The van der Waals surface area contributed by atoms with Gasteiger partial charge in [-0.3, -0.25) is 9.69 Å². The molecule has 4 heteroatoms. The van der Waals surface area contributed by atoms with E-state index in [1.165, 1.54) is 6.21 Å². The first-order valence-electron chi connectivity index (χ1n) is 5.22. The fourth-order valence-corrected chi connectivity index (χ4v) is 1.85. The van der Waals surface area contributed by atoms with Crippen molar-refractivity contribution in [3.8, 4) is 0 Å². The van der Waals surface area contributed by atoms with E-state index in [1.807, 2.05) is 27.7 Å². The van der Waals surface area contributed by atoms with Gasteiger partial charge in [-0.15, -0.1) is 0 Å². The van der Waals surface area contributed by atoms with Crippen LogP contribution in [0.5, 0.6) is 0 Å². The molecule has 4 nitrogen and oxygen atoms in total. The second-order valence-electron chi connectivity index (χ2n) is 4.50. The van der Waals surface area contributed by atoms with Gasteiger partial charge in [0.25, 0.3) is 0 Å². The zero-order chi connectivity index (χ0) is 11.8. The van der Waals surface area contributed by atoms with E-state index >= 15 is 0 Å². The van der Waals surface area contributed by atoms with Crippen molar-refractivity contribution in [1.82, 2.24) is 4.90 Å². The Hall–Kier alpha value is -1.32. The molecular formula is C11H19N3O. The van der Waals surface area contributed by atoms with Crippen molar-refractivity contribution in [3.05, 3.63) is 11.4 Å². The molecule has 0 saturated carbocycles. The molecule has 1 rings (SSSR count). The van der Waals surface area contributed by atoms with Crippen LogP contribution in [0.25, 0.3) is 0 Å². The van der Waals surface area contributed by atoms with Crippen LogP contribution in [0.15, 0.2) is 11.4 Å². The molecule has 0 aromatic carbocycles. The Balaban J connectivity index is 3.20. The van der Waals surface area contributed by atoms with E-state index in [1.54, 1.807) is 4.90 Å². The number of nitrogens with one attached hydrogen (secondary N) is 1. The smallest absolute Gasteiger partial charge is 0.238 e. The van der Waals surface area contributed by atoms with Crippen molar-refractivity contribution in [3.63, 3.8) is 0 Å². The molecule has 0 aromatic rings. The Kier molecular flexibility index (Phi) is 2.88. The maximum atomic E-state index is 12.1. The highest BCUT2D eigenvalue weighted by molar-refractivity contribution is 5.99. The Bertz CT molecular complexity index is 331. The third-order valence-corrected chi connectivity index (χ3v) is 3.14. The molecule has 15 heavy (non-hydrogen) atoms. The summed E-state index contributed by atoms with van der Waals surface area (Å²) in [6.07, 6.45) is 2.05. The SMILES string of the molecule is CC[C@H](C)N1C(=O)C(C)(C)C(C=N)=C1N.